The molecule has 98 valence electrons. The second-order valence-electron chi connectivity index (χ2n) is 4.23. The molecule has 0 radical (unpaired) electrons. The number of aryl methyl sites for hydroxylation is 1. The van der Waals surface area contributed by atoms with Crippen LogP contribution in [0.25, 0.3) is 0 Å². The molecule has 1 aromatic carbocycles. The summed E-state index contributed by atoms with van der Waals surface area (Å²) in [5.74, 6) is -0.200. The zero-order valence-corrected chi connectivity index (χ0v) is 10.8. The van der Waals surface area contributed by atoms with Gasteiger partial charge in [0.2, 0.25) is 5.91 Å². The van der Waals surface area contributed by atoms with Crippen molar-refractivity contribution in [3.05, 3.63) is 64.6 Å². The van der Waals surface area contributed by atoms with E-state index in [9.17, 15) is 9.59 Å². The number of aromatic nitrogens is 1. The fourth-order valence-electron chi connectivity index (χ4n) is 1.89. The molecule has 19 heavy (non-hydrogen) atoms. The number of amides is 1. The van der Waals surface area contributed by atoms with Crippen molar-refractivity contribution in [2.45, 2.75) is 19.9 Å². The molecule has 1 amide bonds. The van der Waals surface area contributed by atoms with Gasteiger partial charge in [-0.15, -0.1) is 0 Å². The molecule has 0 saturated carbocycles. The van der Waals surface area contributed by atoms with Crippen molar-refractivity contribution in [3.8, 4) is 0 Å². The van der Waals surface area contributed by atoms with Gasteiger partial charge in [0.05, 0.1) is 0 Å². The van der Waals surface area contributed by atoms with Crippen LogP contribution in [0.15, 0.2) is 53.5 Å². The molecule has 1 N–H and O–H groups in total. The quantitative estimate of drug-likeness (QED) is 0.910. The van der Waals surface area contributed by atoms with Crippen molar-refractivity contribution in [1.82, 2.24) is 4.57 Å². The summed E-state index contributed by atoms with van der Waals surface area (Å²) in [6, 6.07) is 12.5. The van der Waals surface area contributed by atoms with E-state index in [0.29, 0.717) is 0 Å². The van der Waals surface area contributed by atoms with E-state index < -0.39 is 0 Å². The first-order valence-corrected chi connectivity index (χ1v) is 6.24. The van der Waals surface area contributed by atoms with Gasteiger partial charge in [0.15, 0.2) is 0 Å². The van der Waals surface area contributed by atoms with Crippen LogP contribution in [0, 0.1) is 0 Å². The second kappa shape index (κ2) is 6.00. The third-order valence-corrected chi connectivity index (χ3v) is 2.89. The molecular formula is C15H16N2O2. The highest BCUT2D eigenvalue weighted by atomic mass is 16.2. The van der Waals surface area contributed by atoms with Gasteiger partial charge in [-0.1, -0.05) is 31.2 Å². The van der Waals surface area contributed by atoms with Crippen LogP contribution >= 0.6 is 0 Å². The third kappa shape index (κ3) is 3.31. The minimum Gasteiger partial charge on any atom is -0.324 e. The summed E-state index contributed by atoms with van der Waals surface area (Å²) in [5.41, 5.74) is 1.71. The van der Waals surface area contributed by atoms with Gasteiger partial charge >= 0.3 is 0 Å². The van der Waals surface area contributed by atoms with Crippen molar-refractivity contribution in [2.24, 2.45) is 0 Å². The predicted octanol–water partition coefficient (Wildman–Crippen LogP) is 2.05. The van der Waals surface area contributed by atoms with Crippen LogP contribution in [0.5, 0.6) is 0 Å². The molecule has 0 spiro atoms. The highest BCUT2D eigenvalue weighted by molar-refractivity contribution is 5.91. The molecule has 0 aliphatic rings. The van der Waals surface area contributed by atoms with E-state index >= 15 is 0 Å². The van der Waals surface area contributed by atoms with Gasteiger partial charge in [-0.3, -0.25) is 9.59 Å². The molecule has 4 nitrogen and oxygen atoms in total. The maximum Gasteiger partial charge on any atom is 0.250 e. The van der Waals surface area contributed by atoms with Gasteiger partial charge in [0.1, 0.15) is 6.54 Å². The zero-order valence-electron chi connectivity index (χ0n) is 10.8. The summed E-state index contributed by atoms with van der Waals surface area (Å²) in [4.78, 5) is 23.4. The average Bonchev–Trinajstić information content (AvgIpc) is 2.42. The van der Waals surface area contributed by atoms with E-state index in [0.717, 1.165) is 17.7 Å². The molecule has 0 bridgehead atoms. The maximum absolute atomic E-state index is 11.9. The Morgan fingerprint density at radius 2 is 1.89 bits per heavy atom. The largest absolute Gasteiger partial charge is 0.324 e. The number of nitrogens with one attached hydrogen (secondary N) is 1. The monoisotopic (exact) mass is 256 g/mol. The maximum atomic E-state index is 11.9. The van der Waals surface area contributed by atoms with E-state index in [4.69, 9.17) is 0 Å². The first-order chi connectivity index (χ1) is 9.20. The normalized spacial score (nSPS) is 10.2. The molecule has 0 aliphatic heterocycles. The molecule has 0 fully saturated rings. The molecule has 2 rings (SSSR count). The zero-order chi connectivity index (χ0) is 13.7. The minimum absolute atomic E-state index is 0.0255. The Labute approximate surface area is 111 Å². The Hall–Kier alpha value is -2.36. The fourth-order valence-corrected chi connectivity index (χ4v) is 1.89. The van der Waals surface area contributed by atoms with Crippen LogP contribution in [0.1, 0.15) is 12.5 Å². The summed E-state index contributed by atoms with van der Waals surface area (Å²) in [6.45, 7) is 2.06. The summed E-state index contributed by atoms with van der Waals surface area (Å²) in [6.07, 6.45) is 2.45. The van der Waals surface area contributed by atoms with Gasteiger partial charge in [-0.05, 0) is 24.1 Å². The van der Waals surface area contributed by atoms with E-state index in [1.54, 1.807) is 18.3 Å². The number of hydrogen-bond acceptors (Lipinski definition) is 2. The number of benzene rings is 1. The highest BCUT2D eigenvalue weighted by Gasteiger charge is 2.06. The smallest absolute Gasteiger partial charge is 0.250 e. The Morgan fingerprint density at radius 3 is 2.63 bits per heavy atom. The Kier molecular flexibility index (Phi) is 4.13. The fraction of sp³-hybridized carbons (Fsp3) is 0.200. The van der Waals surface area contributed by atoms with Crippen molar-refractivity contribution >= 4 is 11.6 Å². The lowest BCUT2D eigenvalue weighted by Crippen LogP contribution is -2.26. The first-order valence-electron chi connectivity index (χ1n) is 6.24. The summed E-state index contributed by atoms with van der Waals surface area (Å²) < 4.78 is 1.38. The molecule has 0 saturated heterocycles. The van der Waals surface area contributed by atoms with E-state index in [2.05, 4.69) is 5.32 Å². The lowest BCUT2D eigenvalue weighted by Gasteiger charge is -2.10. The van der Waals surface area contributed by atoms with E-state index in [1.807, 2.05) is 31.2 Å². The van der Waals surface area contributed by atoms with E-state index in [-0.39, 0.29) is 18.0 Å². The molecule has 1 heterocycles. The van der Waals surface area contributed by atoms with Gasteiger partial charge in [-0.25, -0.2) is 0 Å². The summed E-state index contributed by atoms with van der Waals surface area (Å²) >= 11 is 0. The van der Waals surface area contributed by atoms with E-state index in [1.165, 1.54) is 10.6 Å². The number of anilines is 1. The molecule has 4 heteroatoms. The van der Waals surface area contributed by atoms with Crippen LogP contribution in [-0.4, -0.2) is 10.5 Å². The summed E-state index contributed by atoms with van der Waals surface area (Å²) in [7, 11) is 0. The van der Waals surface area contributed by atoms with Crippen molar-refractivity contribution in [2.75, 3.05) is 5.32 Å². The van der Waals surface area contributed by atoms with Crippen molar-refractivity contribution in [1.29, 1.82) is 0 Å². The molecule has 2 aromatic rings. The molecule has 0 atom stereocenters. The minimum atomic E-state index is -0.200. The molecule has 0 aliphatic carbocycles. The number of pyridine rings is 1. The number of nitrogens with zero attached hydrogens (tertiary/aromatic N) is 1. The standard InChI is InChI=1S/C15H16N2O2/c1-2-12-7-3-4-8-13(12)16-14(18)11-17-10-6-5-9-15(17)19/h3-10H,2,11H2,1H3,(H,16,18). The lowest BCUT2D eigenvalue weighted by atomic mass is 10.1. The second-order valence-corrected chi connectivity index (χ2v) is 4.23. The van der Waals surface area contributed by atoms with Gasteiger partial charge in [0.25, 0.3) is 5.56 Å². The van der Waals surface area contributed by atoms with Crippen molar-refractivity contribution < 1.29 is 4.79 Å². The molecule has 1 aromatic heterocycles. The van der Waals surface area contributed by atoms with Crippen molar-refractivity contribution in [3.63, 3.8) is 0 Å². The number of para-hydroxylation sites is 1. The third-order valence-electron chi connectivity index (χ3n) is 2.89. The van der Waals surface area contributed by atoms with Crippen LogP contribution in [-0.2, 0) is 17.8 Å². The van der Waals surface area contributed by atoms with Gasteiger partial charge < -0.3 is 9.88 Å². The summed E-state index contributed by atoms with van der Waals surface area (Å²) in [5, 5.41) is 2.84. The molecule has 0 unspecified atom stereocenters. The number of carbonyl (C=O) groups is 1. The Morgan fingerprint density at radius 1 is 1.16 bits per heavy atom. The molecular weight excluding hydrogens is 240 g/mol. The highest BCUT2D eigenvalue weighted by Crippen LogP contribution is 2.15. The van der Waals surface area contributed by atoms with Crippen LogP contribution < -0.4 is 10.9 Å². The van der Waals surface area contributed by atoms with Gasteiger partial charge in [0, 0.05) is 18.0 Å². The van der Waals surface area contributed by atoms with Crippen LogP contribution in [0.2, 0.25) is 0 Å². The Balaban J connectivity index is 2.10. The van der Waals surface area contributed by atoms with Crippen LogP contribution in [0.4, 0.5) is 5.69 Å². The lowest BCUT2D eigenvalue weighted by molar-refractivity contribution is -0.116. The Bertz CT molecular complexity index is 632. The first kappa shape index (κ1) is 13.1. The predicted molar refractivity (Wildman–Crippen MR) is 75.2 cm³/mol. The number of carbonyl (C=O) groups excluding carboxylic acids is 1. The van der Waals surface area contributed by atoms with Gasteiger partial charge in [-0.2, -0.15) is 0 Å². The number of hydrogen-bond donors (Lipinski definition) is 1. The number of rotatable bonds is 4. The van der Waals surface area contributed by atoms with Crippen LogP contribution in [0.3, 0.4) is 0 Å². The topological polar surface area (TPSA) is 51.1 Å². The SMILES string of the molecule is CCc1ccccc1NC(=O)Cn1ccccc1=O. The average molecular weight is 256 g/mol.